The van der Waals surface area contributed by atoms with Gasteiger partial charge in [-0.15, -0.1) is 0 Å². The molecule has 3 aromatic carbocycles. The fourth-order valence-electron chi connectivity index (χ4n) is 5.03. The predicted octanol–water partition coefficient (Wildman–Crippen LogP) is 5.99. The molecule has 1 aromatic heterocycles. The SMILES string of the molecule is CCCCc1ccccc1N1C[C@H](c2nc3ccccc3n2CCOc2ccc(OC)cc2)CC1=O. The van der Waals surface area contributed by atoms with E-state index in [0.717, 1.165) is 53.3 Å². The van der Waals surface area contributed by atoms with Gasteiger partial charge in [0.2, 0.25) is 5.91 Å². The molecule has 0 bridgehead atoms. The van der Waals surface area contributed by atoms with Crippen molar-refractivity contribution in [3.8, 4) is 11.5 Å². The van der Waals surface area contributed by atoms with Gasteiger partial charge >= 0.3 is 0 Å². The Bertz CT molecular complexity index is 1330. The molecule has 1 aliphatic heterocycles. The lowest BCUT2D eigenvalue weighted by Gasteiger charge is -2.21. The van der Waals surface area contributed by atoms with Crippen molar-refractivity contribution in [1.29, 1.82) is 0 Å². The smallest absolute Gasteiger partial charge is 0.227 e. The van der Waals surface area contributed by atoms with Gasteiger partial charge in [-0.25, -0.2) is 4.98 Å². The van der Waals surface area contributed by atoms with Crippen molar-refractivity contribution in [2.45, 2.75) is 45.1 Å². The van der Waals surface area contributed by atoms with Crippen LogP contribution in [0.15, 0.2) is 72.8 Å². The Balaban J connectivity index is 1.37. The van der Waals surface area contributed by atoms with Crippen LogP contribution in [0.25, 0.3) is 11.0 Å². The molecular formula is C30H33N3O3. The number of aromatic nitrogens is 2. The van der Waals surface area contributed by atoms with Gasteiger partial charge in [-0.3, -0.25) is 4.79 Å². The Labute approximate surface area is 212 Å². The molecule has 1 aliphatic rings. The fourth-order valence-corrected chi connectivity index (χ4v) is 5.03. The molecule has 0 spiro atoms. The van der Waals surface area contributed by atoms with Crippen LogP contribution in [0.1, 0.15) is 43.5 Å². The number of carbonyl (C=O) groups excluding carboxylic acids is 1. The van der Waals surface area contributed by atoms with Crippen molar-refractivity contribution < 1.29 is 14.3 Å². The number of rotatable bonds is 10. The topological polar surface area (TPSA) is 56.6 Å². The highest BCUT2D eigenvalue weighted by atomic mass is 16.5. The number of unbranched alkanes of at least 4 members (excludes halogenated alkanes) is 1. The average Bonchev–Trinajstić information content (AvgIpc) is 3.48. The summed E-state index contributed by atoms with van der Waals surface area (Å²) in [4.78, 5) is 20.2. The first-order valence-corrected chi connectivity index (χ1v) is 12.8. The van der Waals surface area contributed by atoms with E-state index in [2.05, 4.69) is 35.8 Å². The van der Waals surface area contributed by atoms with Gasteiger partial charge in [-0.2, -0.15) is 0 Å². The lowest BCUT2D eigenvalue weighted by Crippen LogP contribution is -2.26. The van der Waals surface area contributed by atoms with E-state index in [0.29, 0.717) is 26.1 Å². The summed E-state index contributed by atoms with van der Waals surface area (Å²) in [5.74, 6) is 2.75. The van der Waals surface area contributed by atoms with Crippen LogP contribution in [0.5, 0.6) is 11.5 Å². The number of fused-ring (bicyclic) bond motifs is 1. The van der Waals surface area contributed by atoms with Gasteiger partial charge in [0.05, 0.1) is 24.7 Å². The van der Waals surface area contributed by atoms with Crippen LogP contribution >= 0.6 is 0 Å². The fraction of sp³-hybridized carbons (Fsp3) is 0.333. The van der Waals surface area contributed by atoms with Crippen LogP contribution in [0.2, 0.25) is 0 Å². The standard InChI is InChI=1S/C30H33N3O3/c1-3-4-9-22-10-5-7-12-27(22)33-21-23(20-29(33)34)30-31-26-11-6-8-13-28(26)32(30)18-19-36-25-16-14-24(35-2)15-17-25/h5-8,10-17,23H,3-4,9,18-21H2,1-2H3/t23-/m1/s1. The Hall–Kier alpha value is -3.80. The first-order valence-electron chi connectivity index (χ1n) is 12.8. The highest BCUT2D eigenvalue weighted by Crippen LogP contribution is 2.35. The third-order valence-corrected chi connectivity index (χ3v) is 6.90. The van der Waals surface area contributed by atoms with E-state index in [1.54, 1.807) is 7.11 Å². The van der Waals surface area contributed by atoms with Crippen LogP contribution in [-0.4, -0.2) is 35.7 Å². The number of para-hydroxylation sites is 3. The predicted molar refractivity (Wildman–Crippen MR) is 143 cm³/mol. The minimum atomic E-state index is 0.0325. The molecule has 0 aliphatic carbocycles. The summed E-state index contributed by atoms with van der Waals surface area (Å²) in [5.41, 5.74) is 4.31. The van der Waals surface area contributed by atoms with E-state index in [9.17, 15) is 4.79 Å². The molecule has 36 heavy (non-hydrogen) atoms. The first kappa shape index (κ1) is 23.9. The van der Waals surface area contributed by atoms with E-state index in [1.807, 2.05) is 53.4 Å². The van der Waals surface area contributed by atoms with Crippen LogP contribution in [0.4, 0.5) is 5.69 Å². The highest BCUT2D eigenvalue weighted by Gasteiger charge is 2.35. The number of anilines is 1. The minimum Gasteiger partial charge on any atom is -0.497 e. The molecule has 186 valence electrons. The lowest BCUT2D eigenvalue weighted by atomic mass is 10.1. The van der Waals surface area contributed by atoms with Crippen molar-refractivity contribution in [2.24, 2.45) is 0 Å². The van der Waals surface area contributed by atoms with Gasteiger partial charge in [0.15, 0.2) is 0 Å². The summed E-state index contributed by atoms with van der Waals surface area (Å²) < 4.78 is 13.5. The third-order valence-electron chi connectivity index (χ3n) is 6.90. The van der Waals surface area contributed by atoms with Gasteiger partial charge in [-0.1, -0.05) is 43.7 Å². The molecule has 1 atom stereocenters. The Morgan fingerprint density at radius 1 is 0.972 bits per heavy atom. The maximum Gasteiger partial charge on any atom is 0.227 e. The summed E-state index contributed by atoms with van der Waals surface area (Å²) in [5, 5.41) is 0. The van der Waals surface area contributed by atoms with Crippen LogP contribution in [-0.2, 0) is 17.8 Å². The average molecular weight is 484 g/mol. The second kappa shape index (κ2) is 10.9. The van der Waals surface area contributed by atoms with Crippen molar-refractivity contribution in [1.82, 2.24) is 9.55 Å². The van der Waals surface area contributed by atoms with Gasteiger partial charge in [0, 0.05) is 24.6 Å². The Kier molecular flexibility index (Phi) is 7.21. The summed E-state index contributed by atoms with van der Waals surface area (Å²) in [7, 11) is 1.65. The molecule has 0 unspecified atom stereocenters. The number of imidazole rings is 1. The number of amides is 1. The second-order valence-electron chi connectivity index (χ2n) is 9.27. The van der Waals surface area contributed by atoms with E-state index >= 15 is 0 Å². The van der Waals surface area contributed by atoms with E-state index in [-0.39, 0.29) is 11.8 Å². The maximum absolute atomic E-state index is 13.2. The van der Waals surface area contributed by atoms with Crippen molar-refractivity contribution in [3.63, 3.8) is 0 Å². The molecule has 0 saturated carbocycles. The minimum absolute atomic E-state index is 0.0325. The van der Waals surface area contributed by atoms with Gasteiger partial charge < -0.3 is 18.9 Å². The molecule has 0 N–H and O–H groups in total. The van der Waals surface area contributed by atoms with Crippen LogP contribution in [0, 0.1) is 0 Å². The summed E-state index contributed by atoms with van der Waals surface area (Å²) in [6.45, 7) is 4.00. The van der Waals surface area contributed by atoms with Crippen LogP contribution in [0.3, 0.4) is 0 Å². The summed E-state index contributed by atoms with van der Waals surface area (Å²) in [6.07, 6.45) is 3.70. The van der Waals surface area contributed by atoms with E-state index in [4.69, 9.17) is 14.5 Å². The summed E-state index contributed by atoms with van der Waals surface area (Å²) >= 11 is 0. The highest BCUT2D eigenvalue weighted by molar-refractivity contribution is 5.97. The molecule has 1 amide bonds. The zero-order valence-electron chi connectivity index (χ0n) is 21.0. The number of ether oxygens (including phenoxy) is 2. The maximum atomic E-state index is 13.2. The number of aryl methyl sites for hydroxylation is 1. The Morgan fingerprint density at radius 3 is 2.53 bits per heavy atom. The van der Waals surface area contributed by atoms with Gasteiger partial charge in [0.1, 0.15) is 23.9 Å². The molecule has 6 heteroatoms. The van der Waals surface area contributed by atoms with Gasteiger partial charge in [0.25, 0.3) is 0 Å². The lowest BCUT2D eigenvalue weighted by molar-refractivity contribution is -0.117. The van der Waals surface area contributed by atoms with E-state index < -0.39 is 0 Å². The molecule has 6 nitrogen and oxygen atoms in total. The molecule has 1 fully saturated rings. The number of nitrogens with zero attached hydrogens (tertiary/aromatic N) is 3. The first-order chi connectivity index (χ1) is 17.7. The van der Waals surface area contributed by atoms with Crippen LogP contribution < -0.4 is 14.4 Å². The normalized spacial score (nSPS) is 15.6. The molecule has 4 aromatic rings. The number of benzene rings is 3. The molecular weight excluding hydrogens is 450 g/mol. The van der Waals surface area contributed by atoms with Crippen molar-refractivity contribution in [3.05, 3.63) is 84.2 Å². The molecule has 5 rings (SSSR count). The Morgan fingerprint density at radius 2 is 1.72 bits per heavy atom. The summed E-state index contributed by atoms with van der Waals surface area (Å²) in [6, 6.07) is 24.1. The molecule has 1 saturated heterocycles. The monoisotopic (exact) mass is 483 g/mol. The second-order valence-corrected chi connectivity index (χ2v) is 9.27. The zero-order chi connectivity index (χ0) is 24.9. The molecule has 2 heterocycles. The zero-order valence-corrected chi connectivity index (χ0v) is 21.0. The quantitative estimate of drug-likeness (QED) is 0.278. The number of methoxy groups -OCH3 is 1. The van der Waals surface area contributed by atoms with Crippen molar-refractivity contribution >= 4 is 22.6 Å². The number of hydrogen-bond acceptors (Lipinski definition) is 4. The van der Waals surface area contributed by atoms with Gasteiger partial charge in [-0.05, 0) is 60.9 Å². The molecule has 0 radical (unpaired) electrons. The van der Waals surface area contributed by atoms with E-state index in [1.165, 1.54) is 5.56 Å². The number of hydrogen-bond donors (Lipinski definition) is 0. The third kappa shape index (κ3) is 4.94. The van der Waals surface area contributed by atoms with Crippen molar-refractivity contribution in [2.75, 3.05) is 25.2 Å². The number of carbonyl (C=O) groups is 1. The largest absolute Gasteiger partial charge is 0.497 e.